The van der Waals surface area contributed by atoms with Crippen molar-refractivity contribution in [2.24, 2.45) is 0 Å². The van der Waals surface area contributed by atoms with Crippen LogP contribution >= 0.6 is 12.6 Å². The third-order valence-electron chi connectivity index (χ3n) is 3.51. The van der Waals surface area contributed by atoms with E-state index in [0.29, 0.717) is 0 Å². The normalized spacial score (nSPS) is 16.9. The minimum atomic E-state index is -0.117. The lowest BCUT2D eigenvalue weighted by Gasteiger charge is -2.25. The van der Waals surface area contributed by atoms with E-state index in [1.807, 2.05) is 25.3 Å². The minimum absolute atomic E-state index is 0.117. The first-order chi connectivity index (χ1) is 9.26. The van der Waals surface area contributed by atoms with Gasteiger partial charge in [-0.05, 0) is 28.5 Å². The first-order valence-electron chi connectivity index (χ1n) is 6.10. The lowest BCUT2D eigenvalue weighted by Crippen LogP contribution is -2.20. The number of thiol groups is 1. The minimum Gasteiger partial charge on any atom is -0.388 e. The highest BCUT2D eigenvalue weighted by atomic mass is 32.1. The summed E-state index contributed by atoms with van der Waals surface area (Å²) in [5.74, 6) is 0. The molecule has 2 N–H and O–H groups in total. The number of anilines is 1. The smallest absolute Gasteiger partial charge is 0.207 e. The maximum atomic E-state index is 10.8. The second kappa shape index (κ2) is 4.63. The lowest BCUT2D eigenvalue weighted by molar-refractivity contribution is -0.109. The molecule has 0 fully saturated rings. The molecule has 0 heterocycles. The van der Waals surface area contributed by atoms with Crippen LogP contribution in [0.2, 0.25) is 0 Å². The van der Waals surface area contributed by atoms with Crippen LogP contribution in [0.15, 0.2) is 36.4 Å². The number of amides is 1. The topological polar surface area (TPSA) is 41.1 Å². The Labute approximate surface area is 117 Å². The van der Waals surface area contributed by atoms with Crippen LogP contribution in [-0.2, 0) is 4.79 Å². The highest BCUT2D eigenvalue weighted by Gasteiger charge is 2.22. The second-order valence-corrected chi connectivity index (χ2v) is 4.98. The van der Waals surface area contributed by atoms with Gasteiger partial charge in [0, 0.05) is 23.2 Å². The van der Waals surface area contributed by atoms with Gasteiger partial charge < -0.3 is 10.6 Å². The van der Waals surface area contributed by atoms with Gasteiger partial charge >= 0.3 is 0 Å². The number of hydrogen-bond acceptors (Lipinski definition) is 3. The van der Waals surface area contributed by atoms with Gasteiger partial charge in [-0.15, -0.1) is 12.6 Å². The molecule has 1 atom stereocenters. The van der Waals surface area contributed by atoms with E-state index in [0.717, 1.165) is 38.9 Å². The highest BCUT2D eigenvalue weighted by molar-refractivity contribution is 7.90. The van der Waals surface area contributed by atoms with Gasteiger partial charge in [0.2, 0.25) is 6.41 Å². The summed E-state index contributed by atoms with van der Waals surface area (Å²) in [7, 11) is 1.90. The Morgan fingerprint density at radius 1 is 1.26 bits per heavy atom. The molecule has 0 saturated carbocycles. The van der Waals surface area contributed by atoms with Gasteiger partial charge in [-0.2, -0.15) is 0 Å². The summed E-state index contributed by atoms with van der Waals surface area (Å²) in [6.07, 6.45) is 2.70. The zero-order valence-corrected chi connectivity index (χ0v) is 11.4. The van der Waals surface area contributed by atoms with Gasteiger partial charge in [0.1, 0.15) is 0 Å². The molecule has 3 rings (SSSR count). The second-order valence-electron chi connectivity index (χ2n) is 4.50. The molecule has 2 aromatic carbocycles. The van der Waals surface area contributed by atoms with E-state index in [-0.39, 0.29) is 6.04 Å². The zero-order chi connectivity index (χ0) is 13.4. The Morgan fingerprint density at radius 3 is 2.84 bits per heavy atom. The van der Waals surface area contributed by atoms with Crippen molar-refractivity contribution in [3.63, 3.8) is 0 Å². The van der Waals surface area contributed by atoms with Crippen LogP contribution in [-0.4, -0.2) is 13.5 Å². The lowest BCUT2D eigenvalue weighted by atomic mass is 9.89. The van der Waals surface area contributed by atoms with Gasteiger partial charge in [0.25, 0.3) is 0 Å². The Morgan fingerprint density at radius 2 is 2.11 bits per heavy atom. The maximum absolute atomic E-state index is 10.8. The van der Waals surface area contributed by atoms with Crippen molar-refractivity contribution in [2.45, 2.75) is 6.04 Å². The molecule has 0 radical (unpaired) electrons. The molecule has 1 aliphatic rings. The summed E-state index contributed by atoms with van der Waals surface area (Å²) in [6.45, 7) is 0. The average molecular weight is 270 g/mol. The molecular formula is C15H14N2OS. The van der Waals surface area contributed by atoms with Crippen LogP contribution in [0, 0.1) is 0 Å². The predicted octanol–water partition coefficient (Wildman–Crippen LogP) is 2.95. The monoisotopic (exact) mass is 270 g/mol. The largest absolute Gasteiger partial charge is 0.388 e. The molecule has 2 aromatic rings. The summed E-state index contributed by atoms with van der Waals surface area (Å²) in [5, 5.41) is 8.33. The van der Waals surface area contributed by atoms with E-state index in [2.05, 4.69) is 41.5 Å². The maximum Gasteiger partial charge on any atom is 0.207 e. The van der Waals surface area contributed by atoms with Gasteiger partial charge in [0.15, 0.2) is 0 Å². The SMILES string of the molecule is CNc1ccc2cccc3c2c1C(S)=CC3NC=O. The third-order valence-corrected chi connectivity index (χ3v) is 3.88. The van der Waals surface area contributed by atoms with E-state index in [9.17, 15) is 4.79 Å². The van der Waals surface area contributed by atoms with Crippen LogP contribution in [0.5, 0.6) is 0 Å². The predicted molar refractivity (Wildman–Crippen MR) is 82.4 cm³/mol. The number of carbonyl (C=O) groups is 1. The first-order valence-corrected chi connectivity index (χ1v) is 6.55. The molecule has 1 aliphatic carbocycles. The number of benzene rings is 2. The van der Waals surface area contributed by atoms with Gasteiger partial charge in [-0.3, -0.25) is 4.79 Å². The van der Waals surface area contributed by atoms with Crippen LogP contribution in [0.4, 0.5) is 5.69 Å². The molecule has 1 unspecified atom stereocenters. The molecule has 4 heteroatoms. The Balaban J connectivity index is 2.37. The standard InChI is InChI=1S/C15H14N2OS/c1-16-11-6-5-9-3-2-4-10-12(17-8-18)7-13(19)15(11)14(9)10/h2-8,12,16,19H,1H3,(H,17,18). The summed E-state index contributed by atoms with van der Waals surface area (Å²) < 4.78 is 0. The molecule has 96 valence electrons. The van der Waals surface area contributed by atoms with Gasteiger partial charge in [0.05, 0.1) is 6.04 Å². The molecule has 0 spiro atoms. The molecule has 19 heavy (non-hydrogen) atoms. The molecule has 0 aliphatic heterocycles. The summed E-state index contributed by atoms with van der Waals surface area (Å²) in [6, 6.07) is 10.2. The summed E-state index contributed by atoms with van der Waals surface area (Å²) in [4.78, 5) is 11.6. The fraction of sp³-hybridized carbons (Fsp3) is 0.133. The van der Waals surface area contributed by atoms with E-state index in [1.165, 1.54) is 0 Å². The first kappa shape index (κ1) is 12.1. The fourth-order valence-corrected chi connectivity index (χ4v) is 3.06. The Kier molecular flexibility index (Phi) is 2.95. The van der Waals surface area contributed by atoms with Crippen molar-refractivity contribution in [2.75, 3.05) is 12.4 Å². The highest BCUT2D eigenvalue weighted by Crippen LogP contribution is 2.42. The van der Waals surface area contributed by atoms with Crippen LogP contribution in [0.3, 0.4) is 0 Å². The molecule has 0 bridgehead atoms. The quantitative estimate of drug-likeness (QED) is 0.593. The number of carbonyl (C=O) groups excluding carboxylic acids is 1. The van der Waals surface area contributed by atoms with Crippen LogP contribution < -0.4 is 10.6 Å². The van der Waals surface area contributed by atoms with Gasteiger partial charge in [-0.1, -0.05) is 24.3 Å². The third kappa shape index (κ3) is 1.79. The average Bonchev–Trinajstić information content (AvgIpc) is 2.44. The molecule has 0 aromatic heterocycles. The van der Waals surface area contributed by atoms with Crippen LogP contribution in [0.25, 0.3) is 15.7 Å². The summed E-state index contributed by atoms with van der Waals surface area (Å²) in [5.41, 5.74) is 3.25. The van der Waals surface area contributed by atoms with Crippen LogP contribution in [0.1, 0.15) is 17.2 Å². The van der Waals surface area contributed by atoms with Crippen molar-refractivity contribution >= 4 is 40.4 Å². The van der Waals surface area contributed by atoms with E-state index in [4.69, 9.17) is 0 Å². The number of hydrogen-bond donors (Lipinski definition) is 3. The van der Waals surface area contributed by atoms with E-state index in [1.54, 1.807) is 0 Å². The fourth-order valence-electron chi connectivity index (χ4n) is 2.68. The molecule has 0 saturated heterocycles. The van der Waals surface area contributed by atoms with Gasteiger partial charge in [-0.25, -0.2) is 0 Å². The van der Waals surface area contributed by atoms with E-state index < -0.39 is 0 Å². The number of nitrogens with one attached hydrogen (secondary N) is 2. The molecule has 1 amide bonds. The molecule has 3 nitrogen and oxygen atoms in total. The van der Waals surface area contributed by atoms with Crippen molar-refractivity contribution in [1.29, 1.82) is 0 Å². The van der Waals surface area contributed by atoms with Crippen molar-refractivity contribution in [1.82, 2.24) is 5.32 Å². The number of rotatable bonds is 3. The zero-order valence-electron chi connectivity index (χ0n) is 10.5. The van der Waals surface area contributed by atoms with Crippen molar-refractivity contribution in [3.05, 3.63) is 47.5 Å². The van der Waals surface area contributed by atoms with Crippen molar-refractivity contribution in [3.8, 4) is 0 Å². The van der Waals surface area contributed by atoms with E-state index >= 15 is 0 Å². The Hall–Kier alpha value is -1.94. The van der Waals surface area contributed by atoms with Crippen molar-refractivity contribution < 1.29 is 4.79 Å². The Bertz CT molecular complexity index is 694. The summed E-state index contributed by atoms with van der Waals surface area (Å²) >= 11 is 4.58. The molecular weight excluding hydrogens is 256 g/mol.